The number of phenolic OH excluding ortho intramolecular Hbond substituents is 1. The van der Waals surface area contributed by atoms with Gasteiger partial charge in [-0.05, 0) is 80.0 Å². The van der Waals surface area contributed by atoms with Crippen LogP contribution in [0.15, 0.2) is 97.7 Å². The van der Waals surface area contributed by atoms with E-state index in [4.69, 9.17) is 17.2 Å². The summed E-state index contributed by atoms with van der Waals surface area (Å²) in [5, 5.41) is 68.3. The molecule has 3 aromatic heterocycles. The Hall–Kier alpha value is -14.5. The van der Waals surface area contributed by atoms with E-state index in [0.717, 1.165) is 24.5 Å². The zero-order chi connectivity index (χ0) is 99.5. The number of phenols is 1. The lowest BCUT2D eigenvalue weighted by atomic mass is 9.99. The number of carboxylic acid groups (broad SMARTS) is 2. The highest BCUT2D eigenvalue weighted by Crippen LogP contribution is 2.28. The van der Waals surface area contributed by atoms with Crippen LogP contribution < -0.4 is 70.4 Å². The molecule has 0 aliphatic carbocycles. The Bertz CT molecular complexity index is 5380. The number of aliphatic hydroxyl groups is 1. The van der Waals surface area contributed by atoms with E-state index in [-0.39, 0.29) is 69.4 Å². The maximum Gasteiger partial charge on any atom is 0.305 e. The zero-order valence-electron chi connectivity index (χ0n) is 75.9. The molecule has 47 heteroatoms. The Balaban J connectivity index is 1.11. The third kappa shape index (κ3) is 29.0. The number of carbonyl (C=O) groups excluding carboxylic acids is 18. The number of hydrogen-bond acceptors (Lipinski definition) is 24. The summed E-state index contributed by atoms with van der Waals surface area (Å²) < 4.78 is 0. The van der Waals surface area contributed by atoms with Gasteiger partial charge in [0, 0.05) is 119 Å². The van der Waals surface area contributed by atoms with Gasteiger partial charge in [-0.15, -0.1) is 11.8 Å². The number of rotatable bonds is 26. The largest absolute Gasteiger partial charge is 0.508 e. The van der Waals surface area contributed by atoms with Crippen LogP contribution in [0.25, 0.3) is 21.8 Å². The number of nitrogens with one attached hydrogen (secondary N) is 13. The second-order valence-corrected chi connectivity index (χ2v) is 34.9. The van der Waals surface area contributed by atoms with Gasteiger partial charge in [-0.3, -0.25) is 95.9 Å². The molecular formula is C89H118N22O24S. The maximum atomic E-state index is 15.8. The van der Waals surface area contributed by atoms with E-state index < -0.39 is 285 Å². The first kappa shape index (κ1) is 105. The molecule has 0 spiro atoms. The van der Waals surface area contributed by atoms with Crippen LogP contribution in [-0.4, -0.2) is 326 Å². The third-order valence-corrected chi connectivity index (χ3v) is 24.9. The molecule has 9 rings (SSSR count). The number of carboxylic acids is 2. The average molecular weight is 1910 g/mol. The number of nitrogens with two attached hydrogens (primary N) is 3. The molecule has 3 aliphatic rings. The molecule has 18 amide bonds. The molecule has 15 atom stereocenters. The Kier molecular flexibility index (Phi) is 38.2. The lowest BCUT2D eigenvalue weighted by Gasteiger charge is -2.36. The number of benzene rings is 3. The van der Waals surface area contributed by atoms with Crippen molar-refractivity contribution >= 4 is 152 Å². The minimum Gasteiger partial charge on any atom is -0.508 e. The van der Waals surface area contributed by atoms with Gasteiger partial charge in [0.2, 0.25) is 106 Å². The number of fused-ring (bicyclic) bond motifs is 4. The molecule has 0 radical (unpaired) electrons. The van der Waals surface area contributed by atoms with Gasteiger partial charge in [0.15, 0.2) is 0 Å². The number of imidazole rings is 1. The number of primary amides is 3. The lowest BCUT2D eigenvalue weighted by Crippen LogP contribution is -2.61. The number of aliphatic hydroxyl groups excluding tert-OH is 1. The fourth-order valence-corrected chi connectivity index (χ4v) is 17.3. The number of likely N-dealkylation sites (N-methyl/N-ethyl adjacent to an activating group) is 3. The van der Waals surface area contributed by atoms with Crippen molar-refractivity contribution in [2.75, 3.05) is 52.3 Å². The molecule has 3 saturated heterocycles. The van der Waals surface area contributed by atoms with Crippen LogP contribution in [0, 0.1) is 0 Å². The molecule has 3 aliphatic heterocycles. The molecule has 734 valence electrons. The smallest absolute Gasteiger partial charge is 0.305 e. The van der Waals surface area contributed by atoms with Crippen LogP contribution in [0.2, 0.25) is 0 Å². The van der Waals surface area contributed by atoms with Gasteiger partial charge in [-0.2, -0.15) is 0 Å². The quantitative estimate of drug-likeness (QED) is 0.0246. The summed E-state index contributed by atoms with van der Waals surface area (Å²) in [5.74, 6) is -24.0. The van der Waals surface area contributed by atoms with E-state index in [1.807, 2.05) is 0 Å². The van der Waals surface area contributed by atoms with Crippen molar-refractivity contribution < 1.29 is 116 Å². The molecule has 0 bridgehead atoms. The zero-order valence-corrected chi connectivity index (χ0v) is 76.8. The van der Waals surface area contributed by atoms with E-state index in [9.17, 15) is 82.8 Å². The predicted molar refractivity (Wildman–Crippen MR) is 487 cm³/mol. The number of aromatic nitrogens is 4. The van der Waals surface area contributed by atoms with Gasteiger partial charge in [0.1, 0.15) is 90.3 Å². The van der Waals surface area contributed by atoms with Crippen molar-refractivity contribution in [2.45, 2.75) is 227 Å². The summed E-state index contributed by atoms with van der Waals surface area (Å²) >= 11 is 0.683. The van der Waals surface area contributed by atoms with Gasteiger partial charge < -0.3 is 130 Å². The van der Waals surface area contributed by atoms with E-state index in [1.165, 1.54) is 71.1 Å². The van der Waals surface area contributed by atoms with Crippen LogP contribution >= 0.6 is 11.8 Å². The summed E-state index contributed by atoms with van der Waals surface area (Å²) in [7, 11) is 3.67. The summed E-state index contributed by atoms with van der Waals surface area (Å²) in [5.41, 5.74) is 19.2. The highest BCUT2D eigenvalue weighted by atomic mass is 32.2. The Morgan fingerprint density at radius 1 is 0.500 bits per heavy atom. The van der Waals surface area contributed by atoms with E-state index >= 15 is 33.6 Å². The van der Waals surface area contributed by atoms with Gasteiger partial charge in [-0.1, -0.05) is 88.1 Å². The topological polar surface area (TPSA) is 697 Å². The van der Waals surface area contributed by atoms with Crippen LogP contribution in [0.4, 0.5) is 0 Å². The number of para-hydroxylation sites is 2. The minimum atomic E-state index is -2.12. The Morgan fingerprint density at radius 2 is 1.01 bits per heavy atom. The molecule has 3 aromatic carbocycles. The number of aromatic amines is 3. The van der Waals surface area contributed by atoms with Crippen LogP contribution in [0.3, 0.4) is 0 Å². The SMILES string of the molecule is CCCC[C@H]1C(=O)N(C)[C@@H](CCCC)C(=O)N[C@@H](CCC(=O)O)C(=O)N[C@H](C(=O)NCC(N)=O)CSCC(=O)N[C@@H](Cc2ccc(O)cc2)C(=O)N(C)[C@@H](C)C(=O)N[C@H](CC(N)=O)C(=O)N2CCC[C@H]2C(=O)N[C@@H](Cc2c[nH]cn2)C(=O)N[C@@H](CC(N)=O)C(=O)N2C[C@H](O)C[C@H]2C(=O)N[C@@H](Cc2c[nH]c3ccccc23)C(=O)N[C@@H](CC(=O)O)C(=O)N[C@@H](Cc2c[nH]c3ccccc23)C(=O)N1C. The van der Waals surface area contributed by atoms with Crippen molar-refractivity contribution in [3.8, 4) is 5.75 Å². The van der Waals surface area contributed by atoms with Crippen molar-refractivity contribution in [3.63, 3.8) is 0 Å². The second-order valence-electron chi connectivity index (χ2n) is 33.9. The molecule has 0 unspecified atom stereocenters. The number of hydrogen-bond donors (Lipinski definition) is 20. The summed E-state index contributed by atoms with van der Waals surface area (Å²) in [4.78, 5) is 306. The average Bonchev–Trinajstić information content (AvgIpc) is 1.67. The molecule has 0 saturated carbocycles. The molecule has 6 heterocycles. The normalized spacial score (nSPS) is 24.6. The second kappa shape index (κ2) is 49.4. The van der Waals surface area contributed by atoms with Crippen molar-refractivity contribution in [1.29, 1.82) is 0 Å². The van der Waals surface area contributed by atoms with Gasteiger partial charge >= 0.3 is 11.9 Å². The van der Waals surface area contributed by atoms with Gasteiger partial charge in [-0.25, -0.2) is 4.98 Å². The molecule has 46 nitrogen and oxygen atoms in total. The van der Waals surface area contributed by atoms with Gasteiger partial charge in [0.25, 0.3) is 0 Å². The Labute approximate surface area is 784 Å². The van der Waals surface area contributed by atoms with Crippen molar-refractivity contribution in [3.05, 3.63) is 120 Å². The van der Waals surface area contributed by atoms with Crippen LogP contribution in [0.1, 0.15) is 133 Å². The third-order valence-electron chi connectivity index (χ3n) is 23.9. The van der Waals surface area contributed by atoms with Crippen LogP contribution in [-0.2, 0) is 122 Å². The van der Waals surface area contributed by atoms with E-state index in [2.05, 4.69) is 73.1 Å². The molecule has 6 aromatic rings. The number of nitrogens with zero attached hydrogens (tertiary/aromatic N) is 6. The fourth-order valence-electron chi connectivity index (χ4n) is 16.4. The lowest BCUT2D eigenvalue weighted by molar-refractivity contribution is -0.149. The number of aliphatic carboxylic acids is 2. The first-order chi connectivity index (χ1) is 64.6. The molecule has 3 fully saturated rings. The first-order valence-electron chi connectivity index (χ1n) is 44.5. The van der Waals surface area contributed by atoms with E-state index in [0.29, 0.717) is 63.1 Å². The molecule has 136 heavy (non-hydrogen) atoms. The highest BCUT2D eigenvalue weighted by molar-refractivity contribution is 8.00. The Morgan fingerprint density at radius 3 is 1.58 bits per heavy atom. The monoisotopic (exact) mass is 1910 g/mol. The number of amides is 18. The predicted octanol–water partition coefficient (Wildman–Crippen LogP) is -4.02. The van der Waals surface area contributed by atoms with Crippen molar-refractivity contribution in [1.82, 2.24) is 97.6 Å². The fraction of sp³-hybridized carbons (Fsp3) is 0.494. The number of carbonyl (C=O) groups is 20. The number of unbranched alkanes of at least 4 members (excludes halogenated alkanes) is 2. The summed E-state index contributed by atoms with van der Waals surface area (Å²) in [6, 6.07) is -5.26. The molecule has 23 N–H and O–H groups in total. The van der Waals surface area contributed by atoms with E-state index in [1.54, 1.807) is 68.6 Å². The number of aromatic hydroxyl groups is 1. The highest BCUT2D eigenvalue weighted by Gasteiger charge is 2.47. The summed E-state index contributed by atoms with van der Waals surface area (Å²) in [6.45, 7) is 3.14. The minimum absolute atomic E-state index is 0.102. The summed E-state index contributed by atoms with van der Waals surface area (Å²) in [6.07, 6.45) is -1.45. The number of thioether (sulfide) groups is 1. The standard InChI is InChI=1S/C89H118N22O24S/c1-7-9-20-66-82(128)99-57(27-28-74(118)119)78(124)106-65(77(123)96-41-72(92)116)43-136-44-73(117)98-61(30-47-23-25-51(112)26-24-47)85(131)107(4)46(3)76(122)103-63(35-70(90)114)87(133)110-29-15-22-67(110)83(129)102-59(33-50-40-93-45-97-50)80(126)105-64(36-71(91)115)88(134)111-42-52(113)34-69(111)84(130)101-58(31-48-38-94-55-18-13-11-16-53(48)55)79(125)100-60(37-75(120)121)81(127)104-62(32-49-39-95-56-19-14-12-17-54(49)56)86(132)109(6)68(21-10-8-2)89(135)108(66)5/h11-14,16-19,23-26,38-40,45-46,52,57-69,94-95,112-113H,7-10,15,20-22,27-37,41-44H2,1-6H3,(H2,90,114)(H2,91,115)(H2,92,116)(H,93,97)(H,96,123)(H,98,117)(H,99,128)(H,100,125)(H,101,130)(H,102,129)(H,103,122)(H,104,127)(H,105,126)(H,106,124)(H,118,119)(H,120,121)/t46-,52+,57-,58-,59-,60-,61-,62-,63+,64-,65-,66-,67-,68-,69-/m0/s1. The maximum absolute atomic E-state index is 15.8. The van der Waals surface area contributed by atoms with Gasteiger partial charge in [0.05, 0.1) is 49.7 Å². The number of H-pyrrole nitrogens is 3. The van der Waals surface area contributed by atoms with Crippen LogP contribution in [0.5, 0.6) is 5.75 Å². The van der Waals surface area contributed by atoms with Crippen molar-refractivity contribution in [2.24, 2.45) is 17.2 Å². The first-order valence-corrected chi connectivity index (χ1v) is 45.6. The molecular weight excluding hydrogens is 1790 g/mol.